The Morgan fingerprint density at radius 3 is 0.696 bits per heavy atom. The van der Waals surface area contributed by atoms with Crippen molar-refractivity contribution in [3.05, 3.63) is 35.5 Å². The Morgan fingerprint density at radius 2 is 0.696 bits per heavy atom. The van der Waals surface area contributed by atoms with E-state index in [1.807, 2.05) is 0 Å². The molecule has 0 amide bonds. The molecular weight excluding hydrogens is 443 g/mol. The molecule has 0 spiro atoms. The molecule has 0 aromatic heterocycles. The maximum Gasteiger partial charge on any atom is 0.155 e. The van der Waals surface area contributed by atoms with Gasteiger partial charge in [-0.25, -0.2) is 0 Å². The third-order valence-corrected chi connectivity index (χ3v) is 1.24. The fourth-order valence-electron chi connectivity index (χ4n) is 0.882. The van der Waals surface area contributed by atoms with Crippen LogP contribution >= 0.6 is 0 Å². The Balaban J connectivity index is -0.0000000675. The molecule has 0 atom stereocenters. The van der Waals surface area contributed by atoms with Gasteiger partial charge in [-0.15, -0.1) is 0 Å². The van der Waals surface area contributed by atoms with E-state index in [0.29, 0.717) is 0 Å². The summed E-state index contributed by atoms with van der Waals surface area (Å²) in [6.07, 6.45) is 3.50. The average Bonchev–Trinajstić information content (AvgIpc) is 2.10. The van der Waals surface area contributed by atoms with E-state index in [9.17, 15) is 14.4 Å². The van der Waals surface area contributed by atoms with Crippen LogP contribution in [0, 0.1) is 40.4 Å². The number of carbonyl (C=O) groups is 3. The number of hydrogen-bond donors (Lipinski definition) is 3. The van der Waals surface area contributed by atoms with Crippen LogP contribution in [0.25, 0.3) is 0 Å². The molecule has 8 heteroatoms. The van der Waals surface area contributed by atoms with Crippen molar-refractivity contribution < 1.29 is 75.6 Å². The molecule has 0 aromatic carbocycles. The number of allylic oxidation sites excluding steroid dienone is 6. The summed E-state index contributed by atoms with van der Waals surface area (Å²) >= 11 is 0. The summed E-state index contributed by atoms with van der Waals surface area (Å²) in [5.41, 5.74) is 0. The number of aliphatic hydroxyl groups excluding tert-OH is 3. The van der Waals surface area contributed by atoms with Gasteiger partial charge in [0.25, 0.3) is 0 Å². The molecule has 0 rings (SSSR count). The summed E-state index contributed by atoms with van der Waals surface area (Å²) in [6, 6.07) is 0. The smallest absolute Gasteiger partial charge is 0.155 e. The second-order valence-electron chi connectivity index (χ2n) is 4.19. The van der Waals surface area contributed by atoms with Gasteiger partial charge in [0.15, 0.2) is 17.3 Å². The number of carbonyl (C=O) groups excluding carboxylic acids is 3. The van der Waals surface area contributed by atoms with Gasteiger partial charge < -0.3 is 20.8 Å². The Labute approximate surface area is 169 Å². The van der Waals surface area contributed by atoms with Gasteiger partial charge in [0.05, 0.1) is 17.3 Å². The number of rotatable bonds is 3. The zero-order valence-electron chi connectivity index (χ0n) is 14.2. The van der Waals surface area contributed by atoms with Crippen LogP contribution in [0.1, 0.15) is 41.5 Å². The summed E-state index contributed by atoms with van der Waals surface area (Å²) in [7, 11) is 0. The Hall–Kier alpha value is -1.07. The van der Waals surface area contributed by atoms with E-state index < -0.39 is 0 Å². The van der Waals surface area contributed by atoms with Crippen molar-refractivity contribution in [1.82, 2.24) is 0 Å². The molecule has 0 aliphatic rings. The molecule has 0 bridgehead atoms. The molecule has 0 aromatic rings. The molecule has 0 saturated heterocycles. The van der Waals surface area contributed by atoms with Gasteiger partial charge in [-0.2, -0.15) is 0 Å². The van der Waals surface area contributed by atoms with Crippen molar-refractivity contribution in [2.45, 2.75) is 41.5 Å². The van der Waals surface area contributed by atoms with Crippen LogP contribution < -0.4 is 0 Å². The molecule has 0 unspecified atom stereocenters. The summed E-state index contributed by atoms with van der Waals surface area (Å²) < 4.78 is 0. The van der Waals surface area contributed by atoms with E-state index in [1.54, 1.807) is 0 Å². The standard InChI is InChI=1S/3C5H8O2.H2O.Sm/c3*1-4(6)3-5(2)7;;/h3*3,6H,1-2H3;1H2;/b4-3+;2*4-3-;;. The number of hydrogen-bond acceptors (Lipinski definition) is 6. The first-order valence-electron chi connectivity index (χ1n) is 6.02. The van der Waals surface area contributed by atoms with Crippen molar-refractivity contribution in [1.29, 1.82) is 0 Å². The van der Waals surface area contributed by atoms with E-state index in [2.05, 4.69) is 0 Å². The van der Waals surface area contributed by atoms with Crippen LogP contribution in [0.4, 0.5) is 0 Å². The molecule has 0 fully saturated rings. The Morgan fingerprint density at radius 1 is 0.565 bits per heavy atom. The maximum atomic E-state index is 10.0. The van der Waals surface area contributed by atoms with Crippen LogP contribution in [0.3, 0.4) is 0 Å². The summed E-state index contributed by atoms with van der Waals surface area (Å²) in [6.45, 7) is 8.54. The predicted molar refractivity (Wildman–Crippen MR) is 84.8 cm³/mol. The Kier molecular flexibility index (Phi) is 30.5. The molecule has 0 heterocycles. The van der Waals surface area contributed by atoms with Crippen LogP contribution in [0.2, 0.25) is 0 Å². The van der Waals surface area contributed by atoms with Gasteiger partial charge in [-0.1, -0.05) is 0 Å². The van der Waals surface area contributed by atoms with Crippen molar-refractivity contribution >= 4 is 17.3 Å². The second-order valence-corrected chi connectivity index (χ2v) is 4.19. The maximum absolute atomic E-state index is 10.0. The van der Waals surface area contributed by atoms with Crippen molar-refractivity contribution in [2.24, 2.45) is 0 Å². The second kappa shape index (κ2) is 20.9. The summed E-state index contributed by atoms with van der Waals surface area (Å²) in [4.78, 5) is 30.1. The van der Waals surface area contributed by atoms with E-state index >= 15 is 0 Å². The van der Waals surface area contributed by atoms with Crippen molar-refractivity contribution in [3.8, 4) is 0 Å². The minimum atomic E-state index is -0.125. The van der Waals surface area contributed by atoms with Gasteiger partial charge in [-0.05, 0) is 41.5 Å². The van der Waals surface area contributed by atoms with Gasteiger partial charge in [0, 0.05) is 58.6 Å². The summed E-state index contributed by atoms with van der Waals surface area (Å²) in [5.74, 6) is -0.187. The molecule has 0 radical (unpaired) electrons. The zero-order chi connectivity index (χ0) is 17.6. The van der Waals surface area contributed by atoms with Crippen LogP contribution in [-0.4, -0.2) is 38.1 Å². The van der Waals surface area contributed by atoms with Crippen LogP contribution in [0.15, 0.2) is 35.5 Å². The molecule has 134 valence electrons. The minimum absolute atomic E-state index is 0. The number of ketones is 3. The van der Waals surface area contributed by atoms with Crippen LogP contribution in [0.5, 0.6) is 0 Å². The third-order valence-electron chi connectivity index (χ3n) is 1.24. The van der Waals surface area contributed by atoms with E-state index in [4.69, 9.17) is 15.3 Å². The molecular formula is C15H26O7Sm. The molecule has 23 heavy (non-hydrogen) atoms. The van der Waals surface area contributed by atoms with E-state index in [1.165, 1.54) is 59.8 Å². The molecule has 5 N–H and O–H groups in total. The first-order chi connectivity index (χ1) is 9.38. The van der Waals surface area contributed by atoms with Crippen molar-refractivity contribution in [3.63, 3.8) is 0 Å². The first kappa shape index (κ1) is 33.5. The summed E-state index contributed by atoms with van der Waals surface area (Å²) in [5, 5.41) is 25.1. The molecule has 0 aliphatic carbocycles. The van der Waals surface area contributed by atoms with Gasteiger partial charge in [0.2, 0.25) is 0 Å². The van der Waals surface area contributed by atoms with Gasteiger partial charge >= 0.3 is 0 Å². The van der Waals surface area contributed by atoms with Gasteiger partial charge in [0.1, 0.15) is 0 Å². The number of aliphatic hydroxyl groups is 3. The monoisotopic (exact) mass is 470 g/mol. The fraction of sp³-hybridized carbons (Fsp3) is 0.400. The van der Waals surface area contributed by atoms with Gasteiger partial charge in [-0.3, -0.25) is 14.4 Å². The van der Waals surface area contributed by atoms with Crippen molar-refractivity contribution in [2.75, 3.05) is 0 Å². The molecule has 0 aliphatic heterocycles. The fourth-order valence-corrected chi connectivity index (χ4v) is 0.882. The topological polar surface area (TPSA) is 143 Å². The first-order valence-corrected chi connectivity index (χ1v) is 6.02. The predicted octanol–water partition coefficient (Wildman–Crippen LogP) is 2.29. The van der Waals surface area contributed by atoms with E-state index in [-0.39, 0.29) is 80.5 Å². The third kappa shape index (κ3) is 62.8. The zero-order valence-corrected chi connectivity index (χ0v) is 16.8. The normalized spacial score (nSPS) is 10.4. The molecule has 7 nitrogen and oxygen atoms in total. The minimum Gasteiger partial charge on any atom is -0.512 e. The van der Waals surface area contributed by atoms with Crippen LogP contribution in [-0.2, 0) is 14.4 Å². The Bertz CT molecular complexity index is 370. The molecule has 0 saturated carbocycles. The largest absolute Gasteiger partial charge is 0.512 e. The SMILES string of the molecule is CC(=O)/C=C(/C)O.CC(=O)/C=C(/C)O.CC(=O)/C=C(\C)O.O.[Sm]. The quantitative estimate of drug-likeness (QED) is 0.428. The van der Waals surface area contributed by atoms with E-state index in [0.717, 1.165) is 0 Å². The average molecular weight is 469 g/mol.